The minimum atomic E-state index is -4.51. The minimum Gasteiger partial charge on any atom is -0.466 e. The Bertz CT molecular complexity index is 747. The largest absolute Gasteiger partial charge is 0.466 e. The fraction of sp³-hybridized carbons (Fsp3) is 0.188. The second-order valence-corrected chi connectivity index (χ2v) is 5.01. The third kappa shape index (κ3) is 2.81. The Kier molecular flexibility index (Phi) is 3.63. The van der Waals surface area contributed by atoms with E-state index in [1.54, 1.807) is 12.2 Å². The molecule has 2 N–H and O–H groups in total. The summed E-state index contributed by atoms with van der Waals surface area (Å²) in [4.78, 5) is 12.5. The summed E-state index contributed by atoms with van der Waals surface area (Å²) < 4.78 is 49.0. The number of nitrogens with two attached hydrogens (primary N) is 1. The predicted octanol–water partition coefficient (Wildman–Crippen LogP) is 3.12. The molecule has 0 bridgehead atoms. The van der Waals surface area contributed by atoms with Crippen LogP contribution < -0.4 is 5.73 Å². The number of benzene rings is 1. The van der Waals surface area contributed by atoms with Crippen LogP contribution in [0.25, 0.3) is 5.57 Å². The lowest BCUT2D eigenvalue weighted by molar-refractivity contribution is -0.137. The molecule has 120 valence electrons. The van der Waals surface area contributed by atoms with Gasteiger partial charge in [0.1, 0.15) is 5.76 Å². The molecule has 0 fully saturated rings. The Morgan fingerprint density at radius 3 is 2.70 bits per heavy atom. The van der Waals surface area contributed by atoms with Crippen molar-refractivity contribution in [2.45, 2.75) is 18.7 Å². The number of hydrogen-bond acceptors (Lipinski definition) is 4. The molecule has 0 radical (unpaired) electrons. The molecule has 1 atom stereocenters. The number of carbonyl (C=O) groups excluding carboxylic acids is 1. The third-order valence-electron chi connectivity index (χ3n) is 3.47. The zero-order valence-corrected chi connectivity index (χ0v) is 11.8. The zero-order valence-electron chi connectivity index (χ0n) is 11.8. The first kappa shape index (κ1) is 15.2. The quantitative estimate of drug-likeness (QED) is 0.908. The molecule has 0 saturated carbocycles. The lowest BCUT2D eigenvalue weighted by Gasteiger charge is -2.15. The molecule has 23 heavy (non-hydrogen) atoms. The van der Waals surface area contributed by atoms with Crippen LogP contribution in [0.1, 0.15) is 17.5 Å². The van der Waals surface area contributed by atoms with Crippen molar-refractivity contribution < 1.29 is 27.4 Å². The van der Waals surface area contributed by atoms with Crippen molar-refractivity contribution in [1.82, 2.24) is 0 Å². The van der Waals surface area contributed by atoms with E-state index in [-0.39, 0.29) is 22.8 Å². The van der Waals surface area contributed by atoms with Gasteiger partial charge in [-0.05, 0) is 36.3 Å². The van der Waals surface area contributed by atoms with Gasteiger partial charge in [0, 0.05) is 0 Å². The highest BCUT2D eigenvalue weighted by Gasteiger charge is 2.39. The highest BCUT2D eigenvalue weighted by atomic mass is 19.4. The number of Topliss-reactive ketones (excluding diaryl/α,β-unsaturated/α-hetero) is 1. The van der Waals surface area contributed by atoms with Crippen molar-refractivity contribution in [2.24, 2.45) is 5.73 Å². The molecular weight excluding hydrogens is 311 g/mol. The molecule has 2 aliphatic heterocycles. The van der Waals surface area contributed by atoms with Gasteiger partial charge in [0.25, 0.3) is 0 Å². The van der Waals surface area contributed by atoms with Crippen molar-refractivity contribution in [3.8, 4) is 0 Å². The normalized spacial score (nSPS) is 21.1. The second-order valence-electron chi connectivity index (χ2n) is 5.01. The fourth-order valence-electron chi connectivity index (χ4n) is 2.40. The van der Waals surface area contributed by atoms with Gasteiger partial charge in [-0.2, -0.15) is 13.2 Å². The van der Waals surface area contributed by atoms with Crippen LogP contribution in [-0.4, -0.2) is 11.9 Å². The molecular formula is C16H12F3NO3. The first-order valence-corrected chi connectivity index (χ1v) is 6.78. The van der Waals surface area contributed by atoms with E-state index in [4.69, 9.17) is 15.2 Å². The third-order valence-corrected chi connectivity index (χ3v) is 3.47. The summed E-state index contributed by atoms with van der Waals surface area (Å²) in [6, 6.07) is 4.41. The summed E-state index contributed by atoms with van der Waals surface area (Å²) >= 11 is 0. The van der Waals surface area contributed by atoms with Crippen molar-refractivity contribution in [2.75, 3.05) is 0 Å². The zero-order chi connectivity index (χ0) is 16.6. The Morgan fingerprint density at radius 1 is 1.26 bits per heavy atom. The SMILES string of the molecule is NC1=C(c2cccc(C(F)(F)F)c2)C(=O)C(C2=CCC=CO2)O1. The maximum Gasteiger partial charge on any atom is 0.416 e. The van der Waals surface area contributed by atoms with Crippen LogP contribution in [0.4, 0.5) is 13.2 Å². The Hall–Kier alpha value is -2.70. The number of halogens is 3. The standard InChI is InChI=1S/C16H12F3NO3/c17-16(18,19)10-5-3-4-9(8-10)12-13(21)14(23-15(12)20)11-6-1-2-7-22-11/h2-8,14H,1,20H2. The lowest BCUT2D eigenvalue weighted by atomic mass is 9.97. The number of rotatable bonds is 2. The number of alkyl halides is 3. The molecule has 1 aromatic carbocycles. The first-order valence-electron chi connectivity index (χ1n) is 6.78. The van der Waals surface area contributed by atoms with Gasteiger partial charge in [-0.1, -0.05) is 12.1 Å². The summed E-state index contributed by atoms with van der Waals surface area (Å²) in [5.74, 6) is -0.454. The van der Waals surface area contributed by atoms with Gasteiger partial charge >= 0.3 is 6.18 Å². The molecule has 0 aliphatic carbocycles. The van der Waals surface area contributed by atoms with Gasteiger partial charge in [-0.3, -0.25) is 4.79 Å². The highest BCUT2D eigenvalue weighted by molar-refractivity contribution is 6.25. The van der Waals surface area contributed by atoms with Crippen molar-refractivity contribution in [1.29, 1.82) is 0 Å². The summed E-state index contributed by atoms with van der Waals surface area (Å²) in [5.41, 5.74) is 4.85. The Morgan fingerprint density at radius 2 is 2.04 bits per heavy atom. The molecule has 4 nitrogen and oxygen atoms in total. The molecule has 0 amide bonds. The first-order chi connectivity index (χ1) is 10.9. The number of ether oxygens (including phenoxy) is 2. The lowest BCUT2D eigenvalue weighted by Crippen LogP contribution is -2.22. The maximum atomic E-state index is 12.8. The van der Waals surface area contributed by atoms with Crippen LogP contribution in [0, 0.1) is 0 Å². The van der Waals surface area contributed by atoms with Crippen molar-refractivity contribution in [3.63, 3.8) is 0 Å². The number of carbonyl (C=O) groups is 1. The maximum absolute atomic E-state index is 12.8. The van der Waals surface area contributed by atoms with E-state index in [0.29, 0.717) is 6.42 Å². The fourth-order valence-corrected chi connectivity index (χ4v) is 2.40. The molecule has 1 aromatic rings. The molecule has 1 unspecified atom stereocenters. The monoisotopic (exact) mass is 323 g/mol. The molecule has 0 aromatic heterocycles. The smallest absolute Gasteiger partial charge is 0.416 e. The second kappa shape index (κ2) is 5.49. The van der Waals surface area contributed by atoms with E-state index >= 15 is 0 Å². The van der Waals surface area contributed by atoms with E-state index in [1.807, 2.05) is 0 Å². The van der Waals surface area contributed by atoms with E-state index in [0.717, 1.165) is 12.1 Å². The topological polar surface area (TPSA) is 61.6 Å². The van der Waals surface area contributed by atoms with Gasteiger partial charge in [0.05, 0.1) is 17.4 Å². The van der Waals surface area contributed by atoms with Crippen LogP contribution in [0.2, 0.25) is 0 Å². The number of allylic oxidation sites excluding steroid dienone is 2. The molecule has 2 heterocycles. The van der Waals surface area contributed by atoms with Crippen LogP contribution in [0.15, 0.2) is 54.3 Å². The molecule has 0 spiro atoms. The van der Waals surface area contributed by atoms with Crippen LogP contribution in [0.5, 0.6) is 0 Å². The Labute approximate surface area is 129 Å². The van der Waals surface area contributed by atoms with Crippen molar-refractivity contribution in [3.05, 3.63) is 65.4 Å². The van der Waals surface area contributed by atoms with Crippen LogP contribution >= 0.6 is 0 Å². The van der Waals surface area contributed by atoms with Gasteiger partial charge in [-0.15, -0.1) is 0 Å². The highest BCUT2D eigenvalue weighted by Crippen LogP contribution is 2.35. The van der Waals surface area contributed by atoms with Gasteiger partial charge in [-0.25, -0.2) is 0 Å². The summed E-state index contributed by atoms with van der Waals surface area (Å²) in [7, 11) is 0. The Balaban J connectivity index is 1.93. The summed E-state index contributed by atoms with van der Waals surface area (Å²) in [6.07, 6.45) is -0.179. The average molecular weight is 323 g/mol. The van der Waals surface area contributed by atoms with E-state index in [9.17, 15) is 18.0 Å². The van der Waals surface area contributed by atoms with Crippen LogP contribution in [0.3, 0.4) is 0 Å². The van der Waals surface area contributed by atoms with Gasteiger partial charge in [0.2, 0.25) is 11.9 Å². The average Bonchev–Trinajstić information content (AvgIpc) is 2.82. The van der Waals surface area contributed by atoms with Gasteiger partial charge in [0.15, 0.2) is 5.88 Å². The molecule has 3 rings (SSSR count). The predicted molar refractivity (Wildman–Crippen MR) is 75.4 cm³/mol. The van der Waals surface area contributed by atoms with E-state index in [2.05, 4.69) is 0 Å². The summed E-state index contributed by atoms with van der Waals surface area (Å²) in [5, 5.41) is 0. The minimum absolute atomic E-state index is 0.0665. The molecule has 0 saturated heterocycles. The number of hydrogen-bond donors (Lipinski definition) is 1. The molecule has 2 aliphatic rings. The number of ketones is 1. The van der Waals surface area contributed by atoms with E-state index < -0.39 is 23.6 Å². The van der Waals surface area contributed by atoms with E-state index in [1.165, 1.54) is 18.4 Å². The molecule has 7 heteroatoms. The van der Waals surface area contributed by atoms with Crippen molar-refractivity contribution >= 4 is 11.4 Å². The van der Waals surface area contributed by atoms with Gasteiger partial charge < -0.3 is 15.2 Å². The van der Waals surface area contributed by atoms with Crippen LogP contribution in [-0.2, 0) is 20.4 Å². The summed E-state index contributed by atoms with van der Waals surface area (Å²) in [6.45, 7) is 0.